The summed E-state index contributed by atoms with van der Waals surface area (Å²) >= 11 is 0. The number of carbonyl (C=O) groups excluding carboxylic acids is 1. The van der Waals surface area contributed by atoms with Crippen LogP contribution in [0.5, 0.6) is 0 Å². The molecule has 3 aromatic rings. The molecule has 0 saturated heterocycles. The number of nitrogens with zero attached hydrogens (tertiary/aromatic N) is 1. The summed E-state index contributed by atoms with van der Waals surface area (Å²) in [5.74, 6) is -0.171. The maximum atomic E-state index is 12.4. The van der Waals surface area contributed by atoms with Crippen LogP contribution < -0.4 is 10.2 Å². The minimum absolute atomic E-state index is 0.171. The Labute approximate surface area is 135 Å². The standard InChI is InChI=1S/C18H21N3O2/c1-4-21(5-2)13-6-7-14(12(3)10-13)20-18(22)16-11-17-15(19-16)8-9-23-17/h6-11,19H,4-5H2,1-3H3,(H,20,22). The summed E-state index contributed by atoms with van der Waals surface area (Å²) in [5.41, 5.74) is 5.03. The van der Waals surface area contributed by atoms with Gasteiger partial charge < -0.3 is 19.6 Å². The van der Waals surface area contributed by atoms with Gasteiger partial charge in [0, 0.05) is 36.6 Å². The van der Waals surface area contributed by atoms with Crippen LogP contribution in [-0.4, -0.2) is 24.0 Å². The summed E-state index contributed by atoms with van der Waals surface area (Å²) in [4.78, 5) is 17.7. The van der Waals surface area contributed by atoms with Crippen molar-refractivity contribution in [2.24, 2.45) is 0 Å². The summed E-state index contributed by atoms with van der Waals surface area (Å²) < 4.78 is 5.27. The van der Waals surface area contributed by atoms with E-state index < -0.39 is 0 Å². The molecule has 0 aliphatic heterocycles. The Kier molecular flexibility index (Phi) is 4.10. The highest BCUT2D eigenvalue weighted by Gasteiger charge is 2.13. The second-order valence-electron chi connectivity index (χ2n) is 5.51. The number of rotatable bonds is 5. The molecular weight excluding hydrogens is 290 g/mol. The molecule has 0 aliphatic carbocycles. The average molecular weight is 311 g/mol. The fraction of sp³-hybridized carbons (Fsp3) is 0.278. The van der Waals surface area contributed by atoms with Crippen molar-refractivity contribution >= 4 is 28.4 Å². The van der Waals surface area contributed by atoms with Gasteiger partial charge in [0.25, 0.3) is 5.91 Å². The molecule has 0 fully saturated rings. The number of fused-ring (bicyclic) bond motifs is 1. The van der Waals surface area contributed by atoms with Crippen LogP contribution in [0.1, 0.15) is 29.9 Å². The third-order valence-electron chi connectivity index (χ3n) is 4.07. The van der Waals surface area contributed by atoms with E-state index in [-0.39, 0.29) is 5.91 Å². The van der Waals surface area contributed by atoms with Gasteiger partial charge in [-0.1, -0.05) is 0 Å². The topological polar surface area (TPSA) is 61.3 Å². The van der Waals surface area contributed by atoms with E-state index in [1.54, 1.807) is 18.4 Å². The van der Waals surface area contributed by atoms with Gasteiger partial charge in [-0.2, -0.15) is 0 Å². The number of benzene rings is 1. The van der Waals surface area contributed by atoms with Gasteiger partial charge in [-0.05, 0) is 44.5 Å². The number of aryl methyl sites for hydroxylation is 1. The first-order valence-electron chi connectivity index (χ1n) is 7.85. The summed E-state index contributed by atoms with van der Waals surface area (Å²) in [6.07, 6.45) is 1.60. The predicted molar refractivity (Wildman–Crippen MR) is 93.3 cm³/mol. The Morgan fingerprint density at radius 3 is 2.65 bits per heavy atom. The number of furan rings is 1. The van der Waals surface area contributed by atoms with Crippen LogP contribution in [0.25, 0.3) is 11.1 Å². The Hall–Kier alpha value is -2.69. The van der Waals surface area contributed by atoms with Crippen molar-refractivity contribution in [3.8, 4) is 0 Å². The maximum absolute atomic E-state index is 12.4. The molecule has 0 saturated carbocycles. The monoisotopic (exact) mass is 311 g/mol. The van der Waals surface area contributed by atoms with Crippen molar-refractivity contribution < 1.29 is 9.21 Å². The number of hydrogen-bond donors (Lipinski definition) is 2. The Morgan fingerprint density at radius 2 is 2.00 bits per heavy atom. The molecule has 0 spiro atoms. The lowest BCUT2D eigenvalue weighted by Gasteiger charge is -2.22. The lowest BCUT2D eigenvalue weighted by atomic mass is 10.1. The number of carbonyl (C=O) groups is 1. The molecule has 2 aromatic heterocycles. The van der Waals surface area contributed by atoms with Gasteiger partial charge in [-0.15, -0.1) is 0 Å². The highest BCUT2D eigenvalue weighted by atomic mass is 16.3. The van der Waals surface area contributed by atoms with E-state index in [1.165, 1.54) is 5.69 Å². The highest BCUT2D eigenvalue weighted by Crippen LogP contribution is 2.24. The summed E-state index contributed by atoms with van der Waals surface area (Å²) in [7, 11) is 0. The Bertz CT molecular complexity index is 799. The predicted octanol–water partition coefficient (Wildman–Crippen LogP) is 4.17. The number of hydrogen-bond acceptors (Lipinski definition) is 3. The van der Waals surface area contributed by atoms with E-state index in [2.05, 4.69) is 35.1 Å². The third kappa shape index (κ3) is 2.95. The van der Waals surface area contributed by atoms with Crippen LogP contribution in [0, 0.1) is 6.92 Å². The lowest BCUT2D eigenvalue weighted by molar-refractivity contribution is 0.102. The summed E-state index contributed by atoms with van der Waals surface area (Å²) in [6.45, 7) is 8.19. The summed E-state index contributed by atoms with van der Waals surface area (Å²) in [5, 5.41) is 2.95. The average Bonchev–Trinajstić information content (AvgIpc) is 3.12. The quantitative estimate of drug-likeness (QED) is 0.743. The van der Waals surface area contributed by atoms with Crippen molar-refractivity contribution in [2.45, 2.75) is 20.8 Å². The van der Waals surface area contributed by atoms with Crippen LogP contribution in [0.3, 0.4) is 0 Å². The molecule has 2 N–H and O–H groups in total. The molecule has 2 heterocycles. The van der Waals surface area contributed by atoms with E-state index in [9.17, 15) is 4.79 Å². The molecule has 0 atom stereocenters. The second kappa shape index (κ2) is 6.20. The van der Waals surface area contributed by atoms with E-state index in [4.69, 9.17) is 4.42 Å². The summed E-state index contributed by atoms with van der Waals surface area (Å²) in [6, 6.07) is 9.60. The molecule has 3 rings (SSSR count). The SMILES string of the molecule is CCN(CC)c1ccc(NC(=O)c2cc3occc3[nH]2)c(C)c1. The minimum Gasteiger partial charge on any atom is -0.463 e. The first kappa shape index (κ1) is 15.2. The van der Waals surface area contributed by atoms with Gasteiger partial charge >= 0.3 is 0 Å². The van der Waals surface area contributed by atoms with E-state index in [1.807, 2.05) is 19.1 Å². The van der Waals surface area contributed by atoms with Crippen LogP contribution in [0.15, 0.2) is 41.0 Å². The number of anilines is 2. The number of aromatic amines is 1. The second-order valence-corrected chi connectivity index (χ2v) is 5.51. The number of H-pyrrole nitrogens is 1. The molecule has 5 nitrogen and oxygen atoms in total. The first-order chi connectivity index (χ1) is 11.1. The van der Waals surface area contributed by atoms with Gasteiger partial charge in [0.1, 0.15) is 5.69 Å². The molecule has 120 valence electrons. The van der Waals surface area contributed by atoms with Gasteiger partial charge in [0.2, 0.25) is 0 Å². The minimum atomic E-state index is -0.171. The normalized spacial score (nSPS) is 10.9. The largest absolute Gasteiger partial charge is 0.463 e. The number of amides is 1. The molecule has 0 bridgehead atoms. The Morgan fingerprint density at radius 1 is 1.22 bits per heavy atom. The van der Waals surface area contributed by atoms with Crippen LogP contribution in [0.4, 0.5) is 11.4 Å². The van der Waals surface area contributed by atoms with Crippen molar-refractivity contribution in [3.05, 3.63) is 47.9 Å². The molecule has 0 radical (unpaired) electrons. The molecule has 0 aliphatic rings. The smallest absolute Gasteiger partial charge is 0.272 e. The number of aromatic nitrogens is 1. The molecule has 1 amide bonds. The first-order valence-corrected chi connectivity index (χ1v) is 7.85. The molecule has 5 heteroatoms. The fourth-order valence-electron chi connectivity index (χ4n) is 2.73. The van der Waals surface area contributed by atoms with Crippen molar-refractivity contribution in [1.82, 2.24) is 4.98 Å². The molecule has 1 aromatic carbocycles. The van der Waals surface area contributed by atoms with Crippen molar-refractivity contribution in [1.29, 1.82) is 0 Å². The van der Waals surface area contributed by atoms with E-state index in [0.29, 0.717) is 11.3 Å². The zero-order valence-corrected chi connectivity index (χ0v) is 13.6. The van der Waals surface area contributed by atoms with E-state index in [0.717, 1.165) is 29.9 Å². The zero-order valence-electron chi connectivity index (χ0n) is 13.6. The zero-order chi connectivity index (χ0) is 16.4. The van der Waals surface area contributed by atoms with E-state index >= 15 is 0 Å². The van der Waals surface area contributed by atoms with Crippen LogP contribution in [-0.2, 0) is 0 Å². The lowest BCUT2D eigenvalue weighted by Crippen LogP contribution is -2.22. The van der Waals surface area contributed by atoms with Crippen molar-refractivity contribution in [2.75, 3.05) is 23.3 Å². The van der Waals surface area contributed by atoms with Gasteiger partial charge in [0.05, 0.1) is 11.8 Å². The molecule has 0 unspecified atom stereocenters. The molecule has 23 heavy (non-hydrogen) atoms. The Balaban J connectivity index is 1.79. The maximum Gasteiger partial charge on any atom is 0.272 e. The van der Waals surface area contributed by atoms with Crippen molar-refractivity contribution in [3.63, 3.8) is 0 Å². The molecular formula is C18H21N3O2. The van der Waals surface area contributed by atoms with Gasteiger partial charge in [-0.3, -0.25) is 4.79 Å². The number of nitrogens with one attached hydrogen (secondary N) is 2. The van der Waals surface area contributed by atoms with Crippen LogP contribution in [0.2, 0.25) is 0 Å². The highest BCUT2D eigenvalue weighted by molar-refractivity contribution is 6.05. The fourth-order valence-corrected chi connectivity index (χ4v) is 2.73. The van der Waals surface area contributed by atoms with Gasteiger partial charge in [0.15, 0.2) is 5.58 Å². The van der Waals surface area contributed by atoms with Gasteiger partial charge in [-0.25, -0.2) is 0 Å². The third-order valence-corrected chi connectivity index (χ3v) is 4.07. The van der Waals surface area contributed by atoms with Crippen LogP contribution >= 0.6 is 0 Å².